The molecule has 0 saturated heterocycles. The van der Waals surface area contributed by atoms with Gasteiger partial charge in [0.1, 0.15) is 5.52 Å². The van der Waals surface area contributed by atoms with Gasteiger partial charge in [-0.2, -0.15) is 0 Å². The lowest BCUT2D eigenvalue weighted by molar-refractivity contribution is 0.623. The van der Waals surface area contributed by atoms with E-state index in [-0.39, 0.29) is 5.41 Å². The van der Waals surface area contributed by atoms with Crippen LogP contribution in [0, 0.1) is 0 Å². The second-order valence-corrected chi connectivity index (χ2v) is 14.8. The Morgan fingerprint density at radius 3 is 2.15 bits per heavy atom. The fraction of sp³-hybridized carbons (Fsp3) is 0.0625. The number of fused-ring (bicyclic) bond motifs is 12. The molecule has 0 N–H and O–H groups in total. The summed E-state index contributed by atoms with van der Waals surface area (Å²) in [5.74, 6) is 1.33. The fourth-order valence-corrected chi connectivity index (χ4v) is 9.06. The maximum atomic E-state index is 6.57. The Kier molecular flexibility index (Phi) is 5.51. The van der Waals surface area contributed by atoms with Gasteiger partial charge in [0.25, 0.3) is 0 Å². The Balaban J connectivity index is 1.09. The van der Waals surface area contributed by atoms with Crippen molar-refractivity contribution in [2.45, 2.75) is 19.3 Å². The Hall–Kier alpha value is -6.85. The normalized spacial score (nSPS) is 13.6. The van der Waals surface area contributed by atoms with Crippen LogP contribution in [0.1, 0.15) is 25.0 Å². The molecule has 5 nitrogen and oxygen atoms in total. The highest BCUT2D eigenvalue weighted by Crippen LogP contribution is 2.50. The molecule has 0 spiro atoms. The number of benzene rings is 7. The van der Waals surface area contributed by atoms with E-state index in [1.54, 1.807) is 0 Å². The summed E-state index contributed by atoms with van der Waals surface area (Å²) >= 11 is 0. The Morgan fingerprint density at radius 1 is 0.509 bits per heavy atom. The lowest BCUT2D eigenvalue weighted by atomic mass is 9.82. The zero-order valence-corrected chi connectivity index (χ0v) is 29.1. The smallest absolute Gasteiger partial charge is 0.227 e. The van der Waals surface area contributed by atoms with Crippen molar-refractivity contribution in [2.24, 2.45) is 0 Å². The van der Waals surface area contributed by atoms with E-state index in [4.69, 9.17) is 19.4 Å². The first kappa shape index (κ1) is 28.8. The fourth-order valence-electron chi connectivity index (χ4n) is 9.06. The molecule has 12 rings (SSSR count). The summed E-state index contributed by atoms with van der Waals surface area (Å²) in [6.07, 6.45) is 0. The van der Waals surface area contributed by atoms with Gasteiger partial charge in [-0.05, 0) is 76.9 Å². The molecule has 11 aromatic rings. The van der Waals surface area contributed by atoms with Gasteiger partial charge >= 0.3 is 0 Å². The molecule has 0 aliphatic heterocycles. The van der Waals surface area contributed by atoms with Crippen molar-refractivity contribution >= 4 is 60.1 Å². The summed E-state index contributed by atoms with van der Waals surface area (Å²) in [4.78, 5) is 15.6. The first-order valence-electron chi connectivity index (χ1n) is 18.1. The van der Waals surface area contributed by atoms with Crippen molar-refractivity contribution in [3.63, 3.8) is 0 Å². The van der Waals surface area contributed by atoms with Crippen molar-refractivity contribution in [3.8, 4) is 45.2 Å². The van der Waals surface area contributed by atoms with E-state index in [9.17, 15) is 0 Å². The summed E-state index contributed by atoms with van der Waals surface area (Å²) in [5, 5.41) is 5.56. The van der Waals surface area contributed by atoms with E-state index in [0.29, 0.717) is 11.7 Å². The largest absolute Gasteiger partial charge is 0.435 e. The van der Waals surface area contributed by atoms with Crippen molar-refractivity contribution in [2.75, 3.05) is 0 Å². The molecule has 0 fully saturated rings. The SMILES string of the molecule is CC1(C)c2ccccc2-c2ccc(-c3nc(-c4ccc5c(c4)c4cc6nc(-c7ccccc7)oc6c6c7ccccc7n5c46)nc4ccccc34)cc21. The van der Waals surface area contributed by atoms with Gasteiger partial charge < -0.3 is 8.82 Å². The number of nitrogens with zero attached hydrogens (tertiary/aromatic N) is 4. The predicted molar refractivity (Wildman–Crippen MR) is 216 cm³/mol. The molecule has 0 atom stereocenters. The van der Waals surface area contributed by atoms with Crippen LogP contribution >= 0.6 is 0 Å². The highest BCUT2D eigenvalue weighted by atomic mass is 16.3. The Labute approximate surface area is 304 Å². The molecule has 0 unspecified atom stereocenters. The standard InChI is InChI=1S/C48H30N4O/c1-48(2)36-17-9-6-14-30(36)31-22-20-28(25-37(31)48)43-32-15-7-10-18-38(32)49-46(51-43)29-21-23-41-34(24-29)35-26-39-45(53-47(50-39)27-12-4-3-5-13-27)42-33-16-8-11-19-40(33)52(41)44(35)42/h3-26H,1-2H3. The number of rotatable bonds is 3. The summed E-state index contributed by atoms with van der Waals surface area (Å²) in [5.41, 5.74) is 15.2. The molecule has 1 aliphatic rings. The quantitative estimate of drug-likeness (QED) is 0.187. The van der Waals surface area contributed by atoms with Crippen molar-refractivity contribution < 1.29 is 4.42 Å². The molecule has 0 amide bonds. The lowest BCUT2D eigenvalue weighted by Crippen LogP contribution is -2.14. The van der Waals surface area contributed by atoms with Crippen LogP contribution in [0.4, 0.5) is 0 Å². The van der Waals surface area contributed by atoms with Gasteiger partial charge in [0.2, 0.25) is 5.89 Å². The van der Waals surface area contributed by atoms with Gasteiger partial charge in [-0.25, -0.2) is 15.0 Å². The van der Waals surface area contributed by atoms with Gasteiger partial charge in [-0.3, -0.25) is 0 Å². The third-order valence-electron chi connectivity index (χ3n) is 11.6. The highest BCUT2D eigenvalue weighted by molar-refractivity contribution is 6.30. The van der Waals surface area contributed by atoms with Crippen LogP contribution in [0.15, 0.2) is 150 Å². The number of hydrogen-bond acceptors (Lipinski definition) is 4. The van der Waals surface area contributed by atoms with E-state index in [1.165, 1.54) is 22.3 Å². The van der Waals surface area contributed by atoms with Crippen molar-refractivity contribution in [3.05, 3.63) is 157 Å². The average Bonchev–Trinajstić information content (AvgIpc) is 3.94. The van der Waals surface area contributed by atoms with Crippen LogP contribution in [0.2, 0.25) is 0 Å². The van der Waals surface area contributed by atoms with Crippen molar-refractivity contribution in [1.82, 2.24) is 19.4 Å². The van der Waals surface area contributed by atoms with Gasteiger partial charge in [0, 0.05) is 43.7 Å². The van der Waals surface area contributed by atoms with Crippen LogP contribution in [0.25, 0.3) is 105 Å². The third kappa shape index (κ3) is 3.83. The Morgan fingerprint density at radius 2 is 1.25 bits per heavy atom. The summed E-state index contributed by atoms with van der Waals surface area (Å²) < 4.78 is 8.95. The monoisotopic (exact) mass is 678 g/mol. The zero-order valence-electron chi connectivity index (χ0n) is 29.1. The van der Waals surface area contributed by atoms with Crippen LogP contribution in [0.5, 0.6) is 0 Å². The molecule has 0 saturated carbocycles. The highest BCUT2D eigenvalue weighted by Gasteiger charge is 2.35. The molecule has 53 heavy (non-hydrogen) atoms. The van der Waals surface area contributed by atoms with Gasteiger partial charge in [-0.15, -0.1) is 0 Å². The molecular formula is C48H30N4O. The van der Waals surface area contributed by atoms with Crippen LogP contribution in [0.3, 0.4) is 0 Å². The molecule has 7 aromatic carbocycles. The van der Waals surface area contributed by atoms with Gasteiger partial charge in [0.05, 0.1) is 33.1 Å². The summed E-state index contributed by atoms with van der Waals surface area (Å²) in [6, 6.07) is 51.5. The minimum Gasteiger partial charge on any atom is -0.435 e. The number of oxazole rings is 1. The molecular weight excluding hydrogens is 649 g/mol. The molecule has 5 heteroatoms. The summed E-state index contributed by atoms with van der Waals surface area (Å²) in [7, 11) is 0. The van der Waals surface area contributed by atoms with E-state index in [1.807, 2.05) is 30.3 Å². The minimum absolute atomic E-state index is 0.105. The van der Waals surface area contributed by atoms with Crippen LogP contribution < -0.4 is 0 Å². The molecule has 248 valence electrons. The first-order valence-corrected chi connectivity index (χ1v) is 18.1. The maximum absolute atomic E-state index is 6.57. The van der Waals surface area contributed by atoms with Crippen LogP contribution in [-0.2, 0) is 5.41 Å². The van der Waals surface area contributed by atoms with E-state index in [2.05, 4.69) is 134 Å². The van der Waals surface area contributed by atoms with Crippen molar-refractivity contribution in [1.29, 1.82) is 0 Å². The van der Waals surface area contributed by atoms with Crippen LogP contribution in [-0.4, -0.2) is 19.4 Å². The van der Waals surface area contributed by atoms with E-state index < -0.39 is 0 Å². The average molecular weight is 679 g/mol. The van der Waals surface area contributed by atoms with Gasteiger partial charge in [-0.1, -0.05) is 105 Å². The second-order valence-electron chi connectivity index (χ2n) is 14.8. The predicted octanol–water partition coefficient (Wildman–Crippen LogP) is 12.2. The Bertz CT molecular complexity index is 3320. The number of para-hydroxylation sites is 2. The molecule has 0 bridgehead atoms. The zero-order chi connectivity index (χ0) is 35.0. The lowest BCUT2D eigenvalue weighted by Gasteiger charge is -2.22. The molecule has 1 aliphatic carbocycles. The topological polar surface area (TPSA) is 56.2 Å². The third-order valence-corrected chi connectivity index (χ3v) is 11.6. The number of aromatic nitrogens is 4. The molecule has 4 aromatic heterocycles. The number of hydrogen-bond donors (Lipinski definition) is 0. The summed E-state index contributed by atoms with van der Waals surface area (Å²) in [6.45, 7) is 4.65. The minimum atomic E-state index is -0.105. The van der Waals surface area contributed by atoms with E-state index in [0.717, 1.165) is 82.5 Å². The molecule has 4 heterocycles. The second kappa shape index (κ2) is 10.1. The maximum Gasteiger partial charge on any atom is 0.227 e. The van der Waals surface area contributed by atoms with Gasteiger partial charge in [0.15, 0.2) is 11.4 Å². The first-order chi connectivity index (χ1) is 26.0. The van der Waals surface area contributed by atoms with E-state index >= 15 is 0 Å². The molecule has 0 radical (unpaired) electrons.